The fraction of sp³-hybridized carbons (Fsp3) is 0.611. The van der Waals surface area contributed by atoms with Crippen LogP contribution in [0.25, 0.3) is 0 Å². The fourth-order valence-electron chi connectivity index (χ4n) is 3.00. The molecule has 140 valence electrons. The molecule has 25 heavy (non-hydrogen) atoms. The monoisotopic (exact) mass is 358 g/mol. The summed E-state index contributed by atoms with van der Waals surface area (Å²) in [7, 11) is 0. The SMILES string of the molecule is CC(C)(C)OC(=O)N[C@H](Cc1cc(F)c(F)cc1F)C1CCNCC1. The van der Waals surface area contributed by atoms with Crippen molar-refractivity contribution in [2.45, 2.75) is 51.7 Å². The van der Waals surface area contributed by atoms with Gasteiger partial charge in [0.15, 0.2) is 11.6 Å². The Labute approximate surface area is 146 Å². The Balaban J connectivity index is 2.16. The Morgan fingerprint density at radius 1 is 1.20 bits per heavy atom. The third-order valence-electron chi connectivity index (χ3n) is 4.18. The zero-order chi connectivity index (χ0) is 18.6. The van der Waals surface area contributed by atoms with Crippen molar-refractivity contribution in [1.29, 1.82) is 0 Å². The Bertz CT molecular complexity index is 611. The average molecular weight is 358 g/mol. The van der Waals surface area contributed by atoms with Crippen LogP contribution >= 0.6 is 0 Å². The molecule has 4 nitrogen and oxygen atoms in total. The van der Waals surface area contributed by atoms with Gasteiger partial charge in [-0.2, -0.15) is 0 Å². The molecule has 1 fully saturated rings. The summed E-state index contributed by atoms with van der Waals surface area (Å²) in [6.45, 7) is 6.83. The Kier molecular flexibility index (Phi) is 6.32. The molecule has 0 spiro atoms. The molecule has 1 aliphatic rings. The minimum atomic E-state index is -1.22. The third-order valence-corrected chi connectivity index (χ3v) is 4.18. The number of hydrogen-bond acceptors (Lipinski definition) is 3. The van der Waals surface area contributed by atoms with Gasteiger partial charge in [-0.1, -0.05) is 0 Å². The number of ether oxygens (including phenoxy) is 1. The van der Waals surface area contributed by atoms with E-state index < -0.39 is 35.2 Å². The smallest absolute Gasteiger partial charge is 0.407 e. The highest BCUT2D eigenvalue weighted by atomic mass is 19.2. The Morgan fingerprint density at radius 3 is 2.40 bits per heavy atom. The van der Waals surface area contributed by atoms with E-state index in [1.165, 1.54) is 0 Å². The second kappa shape index (κ2) is 8.08. The van der Waals surface area contributed by atoms with Crippen molar-refractivity contribution in [1.82, 2.24) is 10.6 Å². The summed E-state index contributed by atoms with van der Waals surface area (Å²) in [6, 6.07) is 0.976. The van der Waals surface area contributed by atoms with E-state index in [1.807, 2.05) is 0 Å². The summed E-state index contributed by atoms with van der Waals surface area (Å²) in [5.74, 6) is -3.04. The van der Waals surface area contributed by atoms with Gasteiger partial charge in [0.1, 0.15) is 11.4 Å². The number of benzene rings is 1. The van der Waals surface area contributed by atoms with Crippen molar-refractivity contribution in [3.05, 3.63) is 35.1 Å². The lowest BCUT2D eigenvalue weighted by Gasteiger charge is -2.32. The first-order valence-corrected chi connectivity index (χ1v) is 8.49. The van der Waals surface area contributed by atoms with E-state index in [9.17, 15) is 18.0 Å². The highest BCUT2D eigenvalue weighted by molar-refractivity contribution is 5.68. The third kappa shape index (κ3) is 5.92. The molecule has 1 heterocycles. The lowest BCUT2D eigenvalue weighted by atomic mass is 9.86. The second-order valence-electron chi connectivity index (χ2n) is 7.40. The van der Waals surface area contributed by atoms with Crippen LogP contribution in [0.1, 0.15) is 39.2 Å². The van der Waals surface area contributed by atoms with Gasteiger partial charge in [-0.05, 0) is 70.7 Å². The van der Waals surface area contributed by atoms with Gasteiger partial charge < -0.3 is 15.4 Å². The molecular formula is C18H25F3N2O2. The zero-order valence-electron chi connectivity index (χ0n) is 14.8. The number of piperidine rings is 1. The molecule has 1 saturated heterocycles. The van der Waals surface area contributed by atoms with Crippen LogP contribution < -0.4 is 10.6 Å². The van der Waals surface area contributed by atoms with Gasteiger partial charge in [0.25, 0.3) is 0 Å². The van der Waals surface area contributed by atoms with Gasteiger partial charge in [-0.3, -0.25) is 0 Å². The summed E-state index contributed by atoms with van der Waals surface area (Å²) in [6.07, 6.45) is 1.07. The average Bonchev–Trinajstić information content (AvgIpc) is 2.51. The number of amides is 1. The van der Waals surface area contributed by atoms with Crippen molar-refractivity contribution < 1.29 is 22.7 Å². The number of alkyl carbamates (subject to hydrolysis) is 1. The lowest BCUT2D eigenvalue weighted by molar-refractivity contribution is 0.0478. The molecule has 1 amide bonds. The molecule has 0 radical (unpaired) electrons. The van der Waals surface area contributed by atoms with E-state index >= 15 is 0 Å². The standard InChI is InChI=1S/C18H25F3N2O2/c1-18(2,3)25-17(24)23-16(11-4-6-22-7-5-11)9-12-8-14(20)15(21)10-13(12)19/h8,10-11,16,22H,4-7,9H2,1-3H3,(H,23,24)/t16-/m1/s1. The lowest BCUT2D eigenvalue weighted by Crippen LogP contribution is -2.47. The number of carbonyl (C=O) groups excluding carboxylic acids is 1. The van der Waals surface area contributed by atoms with Crippen molar-refractivity contribution in [2.24, 2.45) is 5.92 Å². The van der Waals surface area contributed by atoms with Crippen LogP contribution in [0.2, 0.25) is 0 Å². The predicted molar refractivity (Wildman–Crippen MR) is 88.8 cm³/mol. The zero-order valence-corrected chi connectivity index (χ0v) is 14.8. The van der Waals surface area contributed by atoms with Crippen molar-refractivity contribution in [2.75, 3.05) is 13.1 Å². The molecule has 0 aliphatic carbocycles. The van der Waals surface area contributed by atoms with Gasteiger partial charge in [0.2, 0.25) is 0 Å². The molecule has 2 N–H and O–H groups in total. The van der Waals surface area contributed by atoms with Crippen molar-refractivity contribution >= 4 is 6.09 Å². The molecule has 1 aromatic rings. The van der Waals surface area contributed by atoms with Gasteiger partial charge in [-0.25, -0.2) is 18.0 Å². The van der Waals surface area contributed by atoms with Crippen LogP contribution in [0.5, 0.6) is 0 Å². The highest BCUT2D eigenvalue weighted by Crippen LogP contribution is 2.23. The molecule has 0 unspecified atom stereocenters. The summed E-state index contributed by atoms with van der Waals surface area (Å²) in [5, 5.41) is 6.01. The molecule has 7 heteroatoms. The van der Waals surface area contributed by atoms with Gasteiger partial charge in [0.05, 0.1) is 0 Å². The van der Waals surface area contributed by atoms with Gasteiger partial charge in [-0.15, -0.1) is 0 Å². The maximum atomic E-state index is 14.0. The molecule has 1 aromatic carbocycles. The molecule has 0 aromatic heterocycles. The summed E-state index contributed by atoms with van der Waals surface area (Å²) >= 11 is 0. The first kappa shape index (κ1) is 19.6. The van der Waals surface area contributed by atoms with E-state index in [1.54, 1.807) is 20.8 Å². The maximum Gasteiger partial charge on any atom is 0.407 e. The van der Waals surface area contributed by atoms with Crippen LogP contribution in [0, 0.1) is 23.4 Å². The topological polar surface area (TPSA) is 50.4 Å². The minimum absolute atomic E-state index is 0.0403. The summed E-state index contributed by atoms with van der Waals surface area (Å²) < 4.78 is 45.9. The van der Waals surface area contributed by atoms with E-state index in [2.05, 4.69) is 10.6 Å². The molecule has 1 atom stereocenters. The van der Waals surface area contributed by atoms with E-state index in [-0.39, 0.29) is 17.9 Å². The molecule has 0 bridgehead atoms. The minimum Gasteiger partial charge on any atom is -0.444 e. The van der Waals surface area contributed by atoms with Gasteiger partial charge >= 0.3 is 6.09 Å². The normalized spacial score (nSPS) is 17.2. The quantitative estimate of drug-likeness (QED) is 0.810. The fourth-order valence-corrected chi connectivity index (χ4v) is 3.00. The number of nitrogens with one attached hydrogen (secondary N) is 2. The van der Waals surface area contributed by atoms with Crippen LogP contribution in [-0.2, 0) is 11.2 Å². The van der Waals surface area contributed by atoms with E-state index in [0.29, 0.717) is 6.07 Å². The van der Waals surface area contributed by atoms with E-state index in [4.69, 9.17) is 4.74 Å². The summed E-state index contributed by atoms with van der Waals surface area (Å²) in [5.41, 5.74) is -0.616. The first-order chi connectivity index (χ1) is 11.7. The number of halogens is 3. The van der Waals surface area contributed by atoms with Crippen molar-refractivity contribution in [3.63, 3.8) is 0 Å². The molecule has 1 aliphatic heterocycles. The highest BCUT2D eigenvalue weighted by Gasteiger charge is 2.28. The number of rotatable bonds is 4. The predicted octanol–water partition coefficient (Wildman–Crippen LogP) is 3.54. The molecular weight excluding hydrogens is 333 g/mol. The Morgan fingerprint density at radius 2 is 1.80 bits per heavy atom. The van der Waals surface area contributed by atoms with Crippen LogP contribution in [0.15, 0.2) is 12.1 Å². The molecule has 2 rings (SSSR count). The maximum absolute atomic E-state index is 14.0. The van der Waals surface area contributed by atoms with Crippen LogP contribution in [0.3, 0.4) is 0 Å². The largest absolute Gasteiger partial charge is 0.444 e. The molecule has 0 saturated carbocycles. The summed E-state index contributed by atoms with van der Waals surface area (Å²) in [4.78, 5) is 12.1. The second-order valence-corrected chi connectivity index (χ2v) is 7.40. The number of hydrogen-bond donors (Lipinski definition) is 2. The Hall–Kier alpha value is -1.76. The first-order valence-electron chi connectivity index (χ1n) is 8.49. The number of carbonyl (C=O) groups is 1. The van der Waals surface area contributed by atoms with Gasteiger partial charge in [0, 0.05) is 12.1 Å². The van der Waals surface area contributed by atoms with Crippen LogP contribution in [-0.4, -0.2) is 30.8 Å². The van der Waals surface area contributed by atoms with Crippen molar-refractivity contribution in [3.8, 4) is 0 Å². The van der Waals surface area contributed by atoms with E-state index in [0.717, 1.165) is 32.0 Å². The van der Waals surface area contributed by atoms with Crippen LogP contribution in [0.4, 0.5) is 18.0 Å².